The van der Waals surface area contributed by atoms with Crippen LogP contribution in [0.1, 0.15) is 5.56 Å². The van der Waals surface area contributed by atoms with E-state index < -0.39 is 25.6 Å². The monoisotopic (exact) mass is 420 g/mol. The summed E-state index contributed by atoms with van der Waals surface area (Å²) in [7, 11) is -4.38. The van der Waals surface area contributed by atoms with E-state index >= 15 is 0 Å². The van der Waals surface area contributed by atoms with Gasteiger partial charge >= 0.3 is 10.1 Å². The molecule has 0 aliphatic carbocycles. The van der Waals surface area contributed by atoms with Crippen molar-refractivity contribution in [2.24, 2.45) is 10.2 Å². The molecule has 0 spiro atoms. The summed E-state index contributed by atoms with van der Waals surface area (Å²) in [6, 6.07) is 10.8. The SMILES string of the molecule is O=C1CSC(=NN=Cc2ccc(OS(=O)(=O)c3ccccc3[N+](=O)[O-])cc2)N1. The number of carbonyl (C=O) groups is 1. The van der Waals surface area contributed by atoms with E-state index in [1.165, 1.54) is 54.4 Å². The zero-order valence-electron chi connectivity index (χ0n) is 14.0. The molecule has 0 unspecified atom stereocenters. The minimum atomic E-state index is -4.38. The third kappa shape index (κ3) is 4.72. The number of amidine groups is 1. The van der Waals surface area contributed by atoms with E-state index in [-0.39, 0.29) is 11.7 Å². The minimum Gasteiger partial charge on any atom is -0.379 e. The fourth-order valence-electron chi connectivity index (χ4n) is 2.13. The number of nitrogens with zero attached hydrogens (tertiary/aromatic N) is 3. The number of nitrogens with one attached hydrogen (secondary N) is 1. The summed E-state index contributed by atoms with van der Waals surface area (Å²) in [6.45, 7) is 0. The first-order valence-electron chi connectivity index (χ1n) is 7.67. The van der Waals surface area contributed by atoms with Crippen LogP contribution in [0.2, 0.25) is 0 Å². The lowest BCUT2D eigenvalue weighted by Crippen LogP contribution is -2.19. The molecule has 1 fully saturated rings. The molecule has 0 atom stereocenters. The number of hydrogen-bond acceptors (Lipinski definition) is 9. The summed E-state index contributed by atoms with van der Waals surface area (Å²) in [5.41, 5.74) is 0.0383. The average Bonchev–Trinajstić information content (AvgIpc) is 3.08. The summed E-state index contributed by atoms with van der Waals surface area (Å²) in [4.78, 5) is 20.7. The van der Waals surface area contributed by atoms with E-state index in [2.05, 4.69) is 15.5 Å². The zero-order chi connectivity index (χ0) is 20.1. The topological polar surface area (TPSA) is 140 Å². The first kappa shape index (κ1) is 19.5. The van der Waals surface area contributed by atoms with Gasteiger partial charge in [0, 0.05) is 6.07 Å². The number of nitro groups is 1. The van der Waals surface area contributed by atoms with E-state index in [1.807, 2.05) is 0 Å². The zero-order valence-corrected chi connectivity index (χ0v) is 15.6. The molecule has 12 heteroatoms. The fourth-order valence-corrected chi connectivity index (χ4v) is 3.86. The molecule has 0 saturated carbocycles. The summed E-state index contributed by atoms with van der Waals surface area (Å²) < 4.78 is 29.7. The summed E-state index contributed by atoms with van der Waals surface area (Å²) in [6.07, 6.45) is 1.42. The van der Waals surface area contributed by atoms with Gasteiger partial charge in [0.05, 0.1) is 16.9 Å². The van der Waals surface area contributed by atoms with Gasteiger partial charge in [0.1, 0.15) is 5.75 Å². The van der Waals surface area contributed by atoms with Crippen LogP contribution >= 0.6 is 11.8 Å². The van der Waals surface area contributed by atoms with Crippen LogP contribution in [-0.2, 0) is 14.9 Å². The van der Waals surface area contributed by atoms with Crippen LogP contribution < -0.4 is 9.50 Å². The van der Waals surface area contributed by atoms with Gasteiger partial charge in [-0.05, 0) is 35.9 Å². The first-order chi connectivity index (χ1) is 13.3. The van der Waals surface area contributed by atoms with Crippen molar-refractivity contribution in [2.45, 2.75) is 4.90 Å². The van der Waals surface area contributed by atoms with Crippen molar-refractivity contribution in [2.75, 3.05) is 5.75 Å². The Morgan fingerprint density at radius 2 is 1.89 bits per heavy atom. The molecule has 0 radical (unpaired) electrons. The Bertz CT molecular complexity index is 1080. The van der Waals surface area contributed by atoms with Gasteiger partial charge in [-0.2, -0.15) is 13.5 Å². The molecule has 1 amide bonds. The third-order valence-electron chi connectivity index (χ3n) is 3.36. The normalized spacial score (nSPS) is 15.7. The Kier molecular flexibility index (Phi) is 5.70. The third-order valence-corrected chi connectivity index (χ3v) is 5.52. The average molecular weight is 420 g/mol. The van der Waals surface area contributed by atoms with Crippen molar-refractivity contribution >= 4 is 44.9 Å². The molecular formula is C16H12N4O6S2. The summed E-state index contributed by atoms with van der Waals surface area (Å²) >= 11 is 1.24. The lowest BCUT2D eigenvalue weighted by molar-refractivity contribution is -0.387. The predicted molar refractivity (Wildman–Crippen MR) is 103 cm³/mol. The maximum absolute atomic E-state index is 12.3. The van der Waals surface area contributed by atoms with Crippen molar-refractivity contribution in [3.05, 3.63) is 64.2 Å². The molecule has 2 aromatic rings. The highest BCUT2D eigenvalue weighted by Gasteiger charge is 2.27. The van der Waals surface area contributed by atoms with Gasteiger partial charge in [-0.3, -0.25) is 14.9 Å². The van der Waals surface area contributed by atoms with Gasteiger partial charge < -0.3 is 9.50 Å². The van der Waals surface area contributed by atoms with Gasteiger partial charge in [0.25, 0.3) is 5.69 Å². The lowest BCUT2D eigenvalue weighted by atomic mass is 10.2. The van der Waals surface area contributed by atoms with E-state index in [0.29, 0.717) is 16.5 Å². The standard InChI is InChI=1S/C16H12N4O6S2/c21-15-10-27-16(18-15)19-17-9-11-5-7-12(8-6-11)26-28(24,25)14-4-2-1-3-13(14)20(22)23/h1-9H,10H2,(H,18,19,21). The lowest BCUT2D eigenvalue weighted by Gasteiger charge is -2.07. The van der Waals surface area contributed by atoms with Crippen molar-refractivity contribution in [3.63, 3.8) is 0 Å². The Morgan fingerprint density at radius 1 is 1.18 bits per heavy atom. The number of rotatable bonds is 6. The molecule has 144 valence electrons. The van der Waals surface area contributed by atoms with Crippen molar-refractivity contribution < 1.29 is 22.3 Å². The van der Waals surface area contributed by atoms with Crippen LogP contribution in [0.25, 0.3) is 0 Å². The van der Waals surface area contributed by atoms with E-state index in [0.717, 1.165) is 12.1 Å². The number of carbonyl (C=O) groups excluding carboxylic acids is 1. The number of benzene rings is 2. The van der Waals surface area contributed by atoms with Crippen LogP contribution in [0, 0.1) is 10.1 Å². The van der Waals surface area contributed by atoms with Crippen LogP contribution in [-0.4, -0.2) is 36.4 Å². The minimum absolute atomic E-state index is 0.0137. The highest BCUT2D eigenvalue weighted by atomic mass is 32.2. The molecule has 1 aliphatic rings. The first-order valence-corrected chi connectivity index (χ1v) is 10.1. The second-order valence-electron chi connectivity index (χ2n) is 5.32. The van der Waals surface area contributed by atoms with Gasteiger partial charge in [-0.25, -0.2) is 0 Å². The number of nitro benzene ring substituents is 1. The van der Waals surface area contributed by atoms with Crippen molar-refractivity contribution in [3.8, 4) is 5.75 Å². The van der Waals surface area contributed by atoms with Crippen molar-refractivity contribution in [1.29, 1.82) is 0 Å². The molecule has 1 aliphatic heterocycles. The number of para-hydroxylation sites is 1. The molecule has 1 N–H and O–H groups in total. The largest absolute Gasteiger partial charge is 0.379 e. The van der Waals surface area contributed by atoms with E-state index in [1.54, 1.807) is 0 Å². The quantitative estimate of drug-likeness (QED) is 0.326. The summed E-state index contributed by atoms with van der Waals surface area (Å²) in [5, 5.41) is 21.6. The van der Waals surface area contributed by atoms with Crippen molar-refractivity contribution in [1.82, 2.24) is 5.32 Å². The fraction of sp³-hybridized carbons (Fsp3) is 0.0625. The Balaban J connectivity index is 1.72. The molecule has 2 aromatic carbocycles. The molecule has 10 nitrogen and oxygen atoms in total. The maximum atomic E-state index is 12.3. The maximum Gasteiger partial charge on any atom is 0.346 e. The smallest absolute Gasteiger partial charge is 0.346 e. The highest BCUT2D eigenvalue weighted by Crippen LogP contribution is 2.26. The van der Waals surface area contributed by atoms with Crippen LogP contribution in [0.3, 0.4) is 0 Å². The molecule has 1 heterocycles. The second-order valence-corrected chi connectivity index (χ2v) is 7.80. The van der Waals surface area contributed by atoms with Crippen LogP contribution in [0.15, 0.2) is 63.6 Å². The molecule has 28 heavy (non-hydrogen) atoms. The summed E-state index contributed by atoms with van der Waals surface area (Å²) in [5.74, 6) is 0.148. The van der Waals surface area contributed by atoms with Gasteiger partial charge in [-0.15, -0.1) is 5.10 Å². The predicted octanol–water partition coefficient (Wildman–Crippen LogP) is 1.92. The number of hydrogen-bond donors (Lipinski definition) is 1. The Hall–Kier alpha value is -3.25. The molecule has 3 rings (SSSR count). The van der Waals surface area contributed by atoms with E-state index in [9.17, 15) is 23.3 Å². The van der Waals surface area contributed by atoms with Gasteiger partial charge in [-0.1, -0.05) is 23.9 Å². The van der Waals surface area contributed by atoms with E-state index in [4.69, 9.17) is 4.18 Å². The number of amides is 1. The second kappa shape index (κ2) is 8.19. The molecule has 0 aromatic heterocycles. The molecular weight excluding hydrogens is 408 g/mol. The van der Waals surface area contributed by atoms with Gasteiger partial charge in [0.15, 0.2) is 10.1 Å². The molecule has 1 saturated heterocycles. The van der Waals surface area contributed by atoms with Crippen LogP contribution in [0.4, 0.5) is 5.69 Å². The Morgan fingerprint density at radius 3 is 2.54 bits per heavy atom. The molecule has 0 bridgehead atoms. The van der Waals surface area contributed by atoms with Gasteiger partial charge in [0.2, 0.25) is 5.91 Å². The van der Waals surface area contributed by atoms with Crippen LogP contribution in [0.5, 0.6) is 5.75 Å². The number of thioether (sulfide) groups is 1. The highest BCUT2D eigenvalue weighted by molar-refractivity contribution is 8.15. The Labute approximate surface area is 163 Å².